The number of rotatable bonds is 3. The first-order chi connectivity index (χ1) is 9.17. The molecule has 0 amide bonds. The molecule has 3 nitrogen and oxygen atoms in total. The molecule has 0 aliphatic heterocycles. The predicted molar refractivity (Wildman–Crippen MR) is 73.4 cm³/mol. The van der Waals surface area contributed by atoms with Crippen LogP contribution in [0.1, 0.15) is 64.3 Å². The lowest BCUT2D eigenvalue weighted by atomic mass is 9.82. The fraction of sp³-hybridized carbons (Fsp3) is 0.786. The third kappa shape index (κ3) is 4.23. The SMILES string of the molecule is CC.CC(C)(N)Cn1nc(C(F)(F)F)cc1C1CCC1. The van der Waals surface area contributed by atoms with Crippen molar-refractivity contribution in [3.05, 3.63) is 17.5 Å². The molecule has 0 aromatic carbocycles. The van der Waals surface area contributed by atoms with Crippen LogP contribution in [0.25, 0.3) is 0 Å². The zero-order chi connectivity index (χ0) is 15.6. The van der Waals surface area contributed by atoms with Crippen molar-refractivity contribution in [1.29, 1.82) is 0 Å². The number of halogens is 3. The van der Waals surface area contributed by atoms with Gasteiger partial charge in [0, 0.05) is 17.2 Å². The monoisotopic (exact) mass is 291 g/mol. The average Bonchev–Trinajstić information content (AvgIpc) is 2.60. The lowest BCUT2D eigenvalue weighted by Gasteiger charge is -2.28. The van der Waals surface area contributed by atoms with Crippen molar-refractivity contribution >= 4 is 0 Å². The Labute approximate surface area is 118 Å². The minimum Gasteiger partial charge on any atom is -0.324 e. The number of aromatic nitrogens is 2. The lowest BCUT2D eigenvalue weighted by molar-refractivity contribution is -0.141. The summed E-state index contributed by atoms with van der Waals surface area (Å²) in [5.74, 6) is 0.205. The van der Waals surface area contributed by atoms with Gasteiger partial charge in [0.25, 0.3) is 0 Å². The van der Waals surface area contributed by atoms with Crippen molar-refractivity contribution in [1.82, 2.24) is 9.78 Å². The summed E-state index contributed by atoms with van der Waals surface area (Å²) < 4.78 is 39.5. The van der Waals surface area contributed by atoms with Crippen LogP contribution >= 0.6 is 0 Å². The van der Waals surface area contributed by atoms with Crippen molar-refractivity contribution in [3.63, 3.8) is 0 Å². The molecule has 20 heavy (non-hydrogen) atoms. The summed E-state index contributed by atoms with van der Waals surface area (Å²) in [6.45, 7) is 7.87. The van der Waals surface area contributed by atoms with Crippen LogP contribution in [0.5, 0.6) is 0 Å². The van der Waals surface area contributed by atoms with E-state index < -0.39 is 17.4 Å². The smallest absolute Gasteiger partial charge is 0.324 e. The maximum Gasteiger partial charge on any atom is 0.435 e. The summed E-state index contributed by atoms with van der Waals surface area (Å²) in [5, 5.41) is 3.68. The first kappa shape index (κ1) is 17.0. The summed E-state index contributed by atoms with van der Waals surface area (Å²) >= 11 is 0. The molecule has 0 atom stereocenters. The molecule has 1 aliphatic carbocycles. The van der Waals surface area contributed by atoms with Gasteiger partial charge in [-0.3, -0.25) is 4.68 Å². The zero-order valence-electron chi connectivity index (χ0n) is 12.6. The second-order valence-corrected chi connectivity index (χ2v) is 5.73. The fourth-order valence-corrected chi connectivity index (χ4v) is 2.12. The van der Waals surface area contributed by atoms with Crippen molar-refractivity contribution in [3.8, 4) is 0 Å². The van der Waals surface area contributed by atoms with Gasteiger partial charge in [-0.05, 0) is 32.8 Å². The van der Waals surface area contributed by atoms with Gasteiger partial charge in [0.05, 0.1) is 6.54 Å². The summed E-state index contributed by atoms with van der Waals surface area (Å²) in [6, 6.07) is 1.18. The van der Waals surface area contributed by atoms with E-state index in [0.29, 0.717) is 12.2 Å². The van der Waals surface area contributed by atoms with E-state index in [0.717, 1.165) is 19.3 Å². The molecule has 1 aromatic heterocycles. The topological polar surface area (TPSA) is 43.8 Å². The number of hydrogen-bond acceptors (Lipinski definition) is 2. The highest BCUT2D eigenvalue weighted by molar-refractivity contribution is 5.19. The number of alkyl halides is 3. The molecular weight excluding hydrogens is 267 g/mol. The number of nitrogens with two attached hydrogens (primary N) is 1. The maximum absolute atomic E-state index is 12.7. The molecule has 2 N–H and O–H groups in total. The Morgan fingerprint density at radius 1 is 1.30 bits per heavy atom. The van der Waals surface area contributed by atoms with Gasteiger partial charge in [-0.25, -0.2) is 0 Å². The quantitative estimate of drug-likeness (QED) is 0.917. The zero-order valence-corrected chi connectivity index (χ0v) is 12.6. The highest BCUT2D eigenvalue weighted by Gasteiger charge is 2.37. The average molecular weight is 291 g/mol. The molecule has 0 unspecified atom stereocenters. The normalized spacial score (nSPS) is 16.4. The Morgan fingerprint density at radius 3 is 2.20 bits per heavy atom. The standard InChI is InChI=1S/C12H18F3N3.C2H6/c1-11(2,16)7-18-9(8-4-3-5-8)6-10(17-18)12(13,14)15;1-2/h6,8H,3-5,7,16H2,1-2H3;1-2H3. The van der Waals surface area contributed by atoms with Crippen LogP contribution in [-0.2, 0) is 12.7 Å². The minimum absolute atomic E-state index is 0.205. The minimum atomic E-state index is -4.39. The molecule has 1 fully saturated rings. The molecular formula is C14H24F3N3. The summed E-state index contributed by atoms with van der Waals surface area (Å²) in [5.41, 5.74) is 5.16. The van der Waals surface area contributed by atoms with Crippen LogP contribution in [0.15, 0.2) is 6.07 Å². The molecule has 0 radical (unpaired) electrons. The molecule has 6 heteroatoms. The predicted octanol–water partition coefficient (Wildman–Crippen LogP) is 3.93. The maximum atomic E-state index is 12.7. The molecule has 1 aliphatic rings. The van der Waals surface area contributed by atoms with Crippen LogP contribution in [0.3, 0.4) is 0 Å². The largest absolute Gasteiger partial charge is 0.435 e. The number of nitrogens with zero attached hydrogens (tertiary/aromatic N) is 2. The molecule has 1 saturated carbocycles. The van der Waals surface area contributed by atoms with Gasteiger partial charge in [-0.15, -0.1) is 0 Å². The molecule has 0 saturated heterocycles. The van der Waals surface area contributed by atoms with Crippen molar-refractivity contribution in [2.75, 3.05) is 0 Å². The second kappa shape index (κ2) is 6.16. The summed E-state index contributed by atoms with van der Waals surface area (Å²) in [7, 11) is 0. The van der Waals surface area contributed by atoms with Crippen LogP contribution in [0.2, 0.25) is 0 Å². The van der Waals surface area contributed by atoms with E-state index in [1.807, 2.05) is 13.8 Å². The first-order valence-electron chi connectivity index (χ1n) is 7.11. The van der Waals surface area contributed by atoms with Gasteiger partial charge in [0.15, 0.2) is 5.69 Å². The highest BCUT2D eigenvalue weighted by Crippen LogP contribution is 2.39. The Bertz CT molecular complexity index is 426. The van der Waals surface area contributed by atoms with Crippen LogP contribution in [-0.4, -0.2) is 15.3 Å². The summed E-state index contributed by atoms with van der Waals surface area (Å²) in [4.78, 5) is 0. The summed E-state index contributed by atoms with van der Waals surface area (Å²) in [6.07, 6.45) is -1.44. The van der Waals surface area contributed by atoms with Gasteiger partial charge in [0.1, 0.15) is 0 Å². The van der Waals surface area contributed by atoms with Gasteiger partial charge in [-0.1, -0.05) is 20.3 Å². The van der Waals surface area contributed by atoms with E-state index in [1.165, 1.54) is 10.7 Å². The van der Waals surface area contributed by atoms with E-state index in [2.05, 4.69) is 5.10 Å². The Morgan fingerprint density at radius 2 is 1.85 bits per heavy atom. The molecule has 1 aromatic rings. The molecule has 0 spiro atoms. The van der Waals surface area contributed by atoms with E-state index in [-0.39, 0.29) is 5.92 Å². The van der Waals surface area contributed by atoms with E-state index in [4.69, 9.17) is 5.73 Å². The van der Waals surface area contributed by atoms with E-state index >= 15 is 0 Å². The second-order valence-electron chi connectivity index (χ2n) is 5.73. The van der Waals surface area contributed by atoms with Crippen LogP contribution in [0, 0.1) is 0 Å². The van der Waals surface area contributed by atoms with Crippen molar-refractivity contribution in [2.24, 2.45) is 5.73 Å². The van der Waals surface area contributed by atoms with Crippen LogP contribution < -0.4 is 5.73 Å². The van der Waals surface area contributed by atoms with Crippen molar-refractivity contribution < 1.29 is 13.2 Å². The van der Waals surface area contributed by atoms with E-state index in [1.54, 1.807) is 13.8 Å². The molecule has 116 valence electrons. The highest BCUT2D eigenvalue weighted by atomic mass is 19.4. The Kier molecular flexibility index (Phi) is 5.24. The number of hydrogen-bond donors (Lipinski definition) is 1. The van der Waals surface area contributed by atoms with Crippen molar-refractivity contribution in [2.45, 2.75) is 71.1 Å². The first-order valence-corrected chi connectivity index (χ1v) is 7.11. The van der Waals surface area contributed by atoms with Gasteiger partial charge < -0.3 is 5.73 Å². The Balaban J connectivity index is 0.000000956. The molecule has 2 rings (SSSR count). The lowest BCUT2D eigenvalue weighted by Crippen LogP contribution is -2.38. The molecule has 0 bridgehead atoms. The van der Waals surface area contributed by atoms with Gasteiger partial charge >= 0.3 is 6.18 Å². The third-order valence-electron chi connectivity index (χ3n) is 3.18. The van der Waals surface area contributed by atoms with E-state index in [9.17, 15) is 13.2 Å². The van der Waals surface area contributed by atoms with Gasteiger partial charge in [-0.2, -0.15) is 18.3 Å². The fourth-order valence-electron chi connectivity index (χ4n) is 2.12. The van der Waals surface area contributed by atoms with Crippen LogP contribution in [0.4, 0.5) is 13.2 Å². The Hall–Kier alpha value is -1.04. The third-order valence-corrected chi connectivity index (χ3v) is 3.18. The van der Waals surface area contributed by atoms with Gasteiger partial charge in [0.2, 0.25) is 0 Å². The molecule has 1 heterocycles.